The highest BCUT2D eigenvalue weighted by Gasteiger charge is 1.99. The number of thioether (sulfide) groups is 1. The molecule has 1 unspecified atom stereocenters. The molecule has 0 spiro atoms. The molecule has 0 saturated heterocycles. The van der Waals surface area contributed by atoms with Crippen LogP contribution in [-0.2, 0) is 0 Å². The molecule has 0 aliphatic carbocycles. The smallest absolute Gasteiger partial charge is 0.0569 e. The predicted molar refractivity (Wildman–Crippen MR) is 53.2 cm³/mol. The van der Waals surface area contributed by atoms with Crippen molar-refractivity contribution in [3.8, 4) is 0 Å². The Morgan fingerprint density at radius 1 is 1.58 bits per heavy atom. The monoisotopic (exact) mass is 182 g/mol. The summed E-state index contributed by atoms with van der Waals surface area (Å²) >= 11 is 1.79. The van der Waals surface area contributed by atoms with Gasteiger partial charge >= 0.3 is 0 Å². The maximum absolute atomic E-state index is 5.67. The number of pyridine rings is 1. The minimum Gasteiger partial charge on any atom is -0.323 e. The summed E-state index contributed by atoms with van der Waals surface area (Å²) in [6.45, 7) is 4.07. The van der Waals surface area contributed by atoms with Gasteiger partial charge in [-0.3, -0.25) is 4.98 Å². The second kappa shape index (κ2) is 4.48. The van der Waals surface area contributed by atoms with Gasteiger partial charge in [0.2, 0.25) is 0 Å². The van der Waals surface area contributed by atoms with Gasteiger partial charge in [0, 0.05) is 17.1 Å². The van der Waals surface area contributed by atoms with E-state index in [0.717, 1.165) is 11.4 Å². The molecule has 66 valence electrons. The first-order chi connectivity index (χ1) is 5.74. The number of aromatic nitrogens is 1. The Bertz CT molecular complexity index is 231. The average molecular weight is 182 g/mol. The Kier molecular flexibility index (Phi) is 3.56. The molecule has 0 aliphatic rings. The summed E-state index contributed by atoms with van der Waals surface area (Å²) in [6.07, 6.45) is 1.88. The third kappa shape index (κ3) is 2.50. The van der Waals surface area contributed by atoms with Crippen molar-refractivity contribution >= 4 is 11.8 Å². The van der Waals surface area contributed by atoms with E-state index in [1.54, 1.807) is 11.8 Å². The van der Waals surface area contributed by atoms with Gasteiger partial charge in [-0.2, -0.15) is 0 Å². The van der Waals surface area contributed by atoms with E-state index in [1.165, 1.54) is 4.90 Å². The zero-order valence-corrected chi connectivity index (χ0v) is 8.27. The Morgan fingerprint density at radius 3 is 2.75 bits per heavy atom. The Balaban J connectivity index is 2.71. The third-order valence-electron chi connectivity index (χ3n) is 1.54. The Morgan fingerprint density at radius 2 is 2.33 bits per heavy atom. The maximum Gasteiger partial charge on any atom is 0.0569 e. The molecule has 1 rings (SSSR count). The fourth-order valence-corrected chi connectivity index (χ4v) is 1.54. The third-order valence-corrected chi connectivity index (χ3v) is 2.40. The molecular formula is C9H14N2S. The molecule has 3 heteroatoms. The molecule has 0 amide bonds. The number of rotatable bonds is 3. The molecule has 0 saturated carbocycles. The zero-order chi connectivity index (χ0) is 8.97. The van der Waals surface area contributed by atoms with Crippen LogP contribution in [0.3, 0.4) is 0 Å². The summed E-state index contributed by atoms with van der Waals surface area (Å²) in [6, 6.07) is 4.09. The molecule has 1 atom stereocenters. The van der Waals surface area contributed by atoms with E-state index < -0.39 is 0 Å². The van der Waals surface area contributed by atoms with Crippen LogP contribution in [0.4, 0.5) is 0 Å². The van der Waals surface area contributed by atoms with Crippen molar-refractivity contribution in [2.24, 2.45) is 5.73 Å². The molecule has 1 heterocycles. The van der Waals surface area contributed by atoms with Crippen molar-refractivity contribution in [3.05, 3.63) is 24.0 Å². The van der Waals surface area contributed by atoms with E-state index in [4.69, 9.17) is 5.73 Å². The van der Waals surface area contributed by atoms with Crippen LogP contribution in [0, 0.1) is 0 Å². The first-order valence-corrected chi connectivity index (χ1v) is 5.07. The molecule has 0 radical (unpaired) electrons. The lowest BCUT2D eigenvalue weighted by Gasteiger charge is -2.04. The van der Waals surface area contributed by atoms with Crippen molar-refractivity contribution in [2.45, 2.75) is 24.8 Å². The fraction of sp³-hybridized carbons (Fsp3) is 0.444. The van der Waals surface area contributed by atoms with E-state index in [0.29, 0.717) is 0 Å². The van der Waals surface area contributed by atoms with Gasteiger partial charge in [0.1, 0.15) is 0 Å². The van der Waals surface area contributed by atoms with Gasteiger partial charge in [0.15, 0.2) is 0 Å². The first-order valence-electron chi connectivity index (χ1n) is 4.08. The topological polar surface area (TPSA) is 38.9 Å². The lowest BCUT2D eigenvalue weighted by molar-refractivity contribution is 0.777. The lowest BCUT2D eigenvalue weighted by atomic mass is 10.2. The summed E-state index contributed by atoms with van der Waals surface area (Å²) < 4.78 is 0. The Labute approximate surface area is 77.6 Å². The first kappa shape index (κ1) is 9.55. The van der Waals surface area contributed by atoms with Gasteiger partial charge in [-0.25, -0.2) is 0 Å². The lowest BCUT2D eigenvalue weighted by Crippen LogP contribution is -2.06. The van der Waals surface area contributed by atoms with Gasteiger partial charge in [-0.15, -0.1) is 11.8 Å². The summed E-state index contributed by atoms with van der Waals surface area (Å²) in [4.78, 5) is 5.46. The van der Waals surface area contributed by atoms with Crippen LogP contribution >= 0.6 is 11.8 Å². The standard InChI is InChI=1S/C9H14N2S/c1-3-12-8-4-5-9(7(2)10)11-6-8/h4-7H,3,10H2,1-2H3. The molecular weight excluding hydrogens is 168 g/mol. The fourth-order valence-electron chi connectivity index (χ4n) is 0.913. The quantitative estimate of drug-likeness (QED) is 0.728. The van der Waals surface area contributed by atoms with Crippen LogP contribution in [0.2, 0.25) is 0 Å². The van der Waals surface area contributed by atoms with Crippen molar-refractivity contribution in [3.63, 3.8) is 0 Å². The molecule has 2 N–H and O–H groups in total. The van der Waals surface area contributed by atoms with E-state index in [2.05, 4.69) is 18.0 Å². The molecule has 0 fully saturated rings. The van der Waals surface area contributed by atoms with E-state index in [1.807, 2.05) is 19.2 Å². The Hall–Kier alpha value is -0.540. The van der Waals surface area contributed by atoms with Crippen molar-refractivity contribution in [1.82, 2.24) is 4.98 Å². The van der Waals surface area contributed by atoms with Crippen molar-refractivity contribution < 1.29 is 0 Å². The molecule has 0 bridgehead atoms. The summed E-state index contributed by atoms with van der Waals surface area (Å²) in [5.41, 5.74) is 6.62. The number of nitrogens with two attached hydrogens (primary N) is 1. The molecule has 0 aliphatic heterocycles. The van der Waals surface area contributed by atoms with Gasteiger partial charge in [0.05, 0.1) is 5.69 Å². The van der Waals surface area contributed by atoms with Crippen LogP contribution in [-0.4, -0.2) is 10.7 Å². The molecule has 2 nitrogen and oxygen atoms in total. The highest BCUT2D eigenvalue weighted by molar-refractivity contribution is 7.99. The van der Waals surface area contributed by atoms with Gasteiger partial charge in [-0.05, 0) is 24.8 Å². The molecule has 12 heavy (non-hydrogen) atoms. The van der Waals surface area contributed by atoms with Gasteiger partial charge in [0.25, 0.3) is 0 Å². The normalized spacial score (nSPS) is 12.9. The second-order valence-electron chi connectivity index (χ2n) is 2.64. The molecule has 1 aromatic heterocycles. The van der Waals surface area contributed by atoms with Gasteiger partial charge < -0.3 is 5.73 Å². The number of hydrogen-bond acceptors (Lipinski definition) is 3. The van der Waals surface area contributed by atoms with Gasteiger partial charge in [-0.1, -0.05) is 6.92 Å². The summed E-state index contributed by atoms with van der Waals surface area (Å²) in [5, 5.41) is 0. The highest BCUT2D eigenvalue weighted by atomic mass is 32.2. The molecule has 1 aromatic rings. The summed E-state index contributed by atoms with van der Waals surface area (Å²) in [7, 11) is 0. The van der Waals surface area contributed by atoms with E-state index in [9.17, 15) is 0 Å². The van der Waals surface area contributed by atoms with Crippen LogP contribution in [0.25, 0.3) is 0 Å². The minimum atomic E-state index is 0.0330. The molecule has 0 aromatic carbocycles. The minimum absolute atomic E-state index is 0.0330. The van der Waals surface area contributed by atoms with E-state index >= 15 is 0 Å². The van der Waals surface area contributed by atoms with Crippen molar-refractivity contribution in [1.29, 1.82) is 0 Å². The summed E-state index contributed by atoms with van der Waals surface area (Å²) in [5.74, 6) is 1.08. The van der Waals surface area contributed by atoms with Crippen LogP contribution < -0.4 is 5.73 Å². The number of hydrogen-bond donors (Lipinski definition) is 1. The maximum atomic E-state index is 5.67. The zero-order valence-electron chi connectivity index (χ0n) is 7.45. The average Bonchev–Trinajstić information content (AvgIpc) is 2.06. The van der Waals surface area contributed by atoms with Crippen LogP contribution in [0.15, 0.2) is 23.2 Å². The second-order valence-corrected chi connectivity index (χ2v) is 3.98. The van der Waals surface area contributed by atoms with Crippen molar-refractivity contribution in [2.75, 3.05) is 5.75 Å². The van der Waals surface area contributed by atoms with Crippen LogP contribution in [0.5, 0.6) is 0 Å². The number of nitrogens with zero attached hydrogens (tertiary/aromatic N) is 1. The van der Waals surface area contributed by atoms with Crippen LogP contribution in [0.1, 0.15) is 25.6 Å². The highest BCUT2D eigenvalue weighted by Crippen LogP contribution is 2.17. The predicted octanol–water partition coefficient (Wildman–Crippen LogP) is 2.21. The SMILES string of the molecule is CCSc1ccc(C(C)N)nc1. The van der Waals surface area contributed by atoms with E-state index in [-0.39, 0.29) is 6.04 Å². The largest absolute Gasteiger partial charge is 0.323 e.